The summed E-state index contributed by atoms with van der Waals surface area (Å²) >= 11 is 0. The molecule has 0 spiro atoms. The second-order valence-corrected chi connectivity index (χ2v) is 8.39. The van der Waals surface area contributed by atoms with E-state index < -0.39 is 7.67 Å². The van der Waals surface area contributed by atoms with E-state index in [0.717, 1.165) is 37.2 Å². The number of hydrogen-bond acceptors (Lipinski definition) is 2. The quantitative estimate of drug-likeness (QED) is 0.749. The van der Waals surface area contributed by atoms with Crippen LogP contribution in [0.4, 0.5) is 5.69 Å². The highest BCUT2D eigenvalue weighted by atomic mass is 31.2. The van der Waals surface area contributed by atoms with Gasteiger partial charge in [0, 0.05) is 24.8 Å². The van der Waals surface area contributed by atoms with Gasteiger partial charge in [-0.25, -0.2) is 4.57 Å². The number of rotatable bonds is 4. The molecular weight excluding hydrogens is 319 g/mol. The van der Waals surface area contributed by atoms with Crippen LogP contribution in [0, 0.1) is 0 Å². The zero-order valence-corrected chi connectivity index (χ0v) is 14.4. The molecule has 4 nitrogen and oxygen atoms in total. The highest BCUT2D eigenvalue weighted by Gasteiger charge is 2.53. The Bertz CT molecular complexity index is 776. The molecule has 2 heterocycles. The third kappa shape index (κ3) is 2.56. The van der Waals surface area contributed by atoms with Crippen molar-refractivity contribution < 1.29 is 9.09 Å². The molecule has 0 aromatic heterocycles. The zero-order valence-electron chi connectivity index (χ0n) is 13.5. The minimum Gasteiger partial charge on any atom is -0.418 e. The first kappa shape index (κ1) is 15.5. The topological polar surface area (TPSA) is 32.8 Å². The van der Waals surface area contributed by atoms with Crippen LogP contribution in [-0.4, -0.2) is 23.8 Å². The second-order valence-electron chi connectivity index (χ2n) is 6.23. The van der Waals surface area contributed by atoms with Crippen LogP contribution in [0.2, 0.25) is 0 Å². The summed E-state index contributed by atoms with van der Waals surface area (Å²) < 4.78 is 24.0. The lowest BCUT2D eigenvalue weighted by Crippen LogP contribution is -2.23. The Morgan fingerprint density at radius 2 is 1.88 bits per heavy atom. The lowest BCUT2D eigenvalue weighted by Gasteiger charge is -2.30. The van der Waals surface area contributed by atoms with Gasteiger partial charge in [-0.1, -0.05) is 43.0 Å². The molecule has 4 rings (SSSR count). The minimum atomic E-state index is -3.11. The molecule has 2 aliphatic rings. The van der Waals surface area contributed by atoms with Gasteiger partial charge >= 0.3 is 7.67 Å². The third-order valence-corrected chi connectivity index (χ3v) is 7.38. The van der Waals surface area contributed by atoms with Crippen LogP contribution in [-0.2, 0) is 4.57 Å². The summed E-state index contributed by atoms with van der Waals surface area (Å²) in [7, 11) is -3.11. The SMILES string of the molecule is C=Cc1ccc(OP2(=O)N(c3ccccc3)C[C@H]3CCCN32)cc1. The van der Waals surface area contributed by atoms with Gasteiger partial charge in [-0.05, 0) is 42.7 Å². The summed E-state index contributed by atoms with van der Waals surface area (Å²) in [6, 6.07) is 17.8. The summed E-state index contributed by atoms with van der Waals surface area (Å²) in [6.45, 7) is 5.35. The first-order chi connectivity index (χ1) is 11.7. The Morgan fingerprint density at radius 3 is 2.58 bits per heavy atom. The summed E-state index contributed by atoms with van der Waals surface area (Å²) in [4.78, 5) is 0. The molecule has 2 saturated heterocycles. The van der Waals surface area contributed by atoms with Gasteiger partial charge in [0.2, 0.25) is 0 Å². The van der Waals surface area contributed by atoms with Gasteiger partial charge < -0.3 is 4.52 Å². The van der Waals surface area contributed by atoms with Gasteiger partial charge in [0.05, 0.1) is 0 Å². The molecule has 0 bridgehead atoms. The maximum Gasteiger partial charge on any atom is 0.422 e. The molecule has 124 valence electrons. The molecule has 2 aliphatic heterocycles. The zero-order chi connectivity index (χ0) is 16.6. The first-order valence-corrected chi connectivity index (χ1v) is 9.86. The van der Waals surface area contributed by atoms with E-state index in [1.54, 1.807) is 6.08 Å². The maximum atomic E-state index is 13.9. The standard InChI is InChI=1S/C19H21N2O2P/c1-2-16-10-12-19(13-11-16)23-24(22)20-14-6-9-18(20)15-21(24)17-7-4-3-5-8-17/h2-5,7-8,10-13,18H,1,6,9,14-15H2/t18-,24?/m1/s1. The van der Waals surface area contributed by atoms with Crippen molar-refractivity contribution in [1.82, 2.24) is 4.67 Å². The van der Waals surface area contributed by atoms with Gasteiger partial charge in [-0.2, -0.15) is 4.67 Å². The average Bonchev–Trinajstić information content (AvgIpc) is 3.19. The van der Waals surface area contributed by atoms with Gasteiger partial charge in [0.15, 0.2) is 0 Å². The molecule has 0 N–H and O–H groups in total. The van der Waals surface area contributed by atoms with Crippen LogP contribution < -0.4 is 9.19 Å². The predicted octanol–water partition coefficient (Wildman–Crippen LogP) is 4.80. The molecule has 0 radical (unpaired) electrons. The monoisotopic (exact) mass is 340 g/mol. The van der Waals surface area contributed by atoms with Gasteiger partial charge in [0.1, 0.15) is 5.75 Å². The van der Waals surface area contributed by atoms with E-state index in [1.807, 2.05) is 59.3 Å². The van der Waals surface area contributed by atoms with Crippen molar-refractivity contribution in [3.63, 3.8) is 0 Å². The van der Waals surface area contributed by atoms with Gasteiger partial charge in [-0.3, -0.25) is 4.67 Å². The van der Waals surface area contributed by atoms with Gasteiger partial charge in [0.25, 0.3) is 0 Å². The van der Waals surface area contributed by atoms with Crippen molar-refractivity contribution in [2.24, 2.45) is 0 Å². The molecule has 24 heavy (non-hydrogen) atoms. The fraction of sp³-hybridized carbons (Fsp3) is 0.263. The first-order valence-electron chi connectivity index (χ1n) is 8.33. The van der Waals surface area contributed by atoms with Crippen molar-refractivity contribution in [2.45, 2.75) is 18.9 Å². The molecule has 0 amide bonds. The molecule has 2 aromatic carbocycles. The predicted molar refractivity (Wildman–Crippen MR) is 98.3 cm³/mol. The number of nitrogens with zero attached hydrogens (tertiary/aromatic N) is 2. The molecule has 1 unspecified atom stereocenters. The molecule has 0 aliphatic carbocycles. The van der Waals surface area contributed by atoms with Crippen molar-refractivity contribution in [3.05, 3.63) is 66.7 Å². The van der Waals surface area contributed by atoms with E-state index in [0.29, 0.717) is 11.8 Å². The summed E-state index contributed by atoms with van der Waals surface area (Å²) in [5.74, 6) is 0.636. The lowest BCUT2D eigenvalue weighted by molar-refractivity contribution is 0.374. The smallest absolute Gasteiger partial charge is 0.418 e. The van der Waals surface area contributed by atoms with Crippen LogP contribution in [0.3, 0.4) is 0 Å². The molecule has 2 atom stereocenters. The number of hydrogen-bond donors (Lipinski definition) is 0. The summed E-state index contributed by atoms with van der Waals surface area (Å²) in [5.41, 5.74) is 1.98. The number of fused-ring (bicyclic) bond motifs is 1. The number of para-hydroxylation sites is 1. The fourth-order valence-corrected chi connectivity index (χ4v) is 6.23. The van der Waals surface area contributed by atoms with E-state index in [4.69, 9.17) is 4.52 Å². The Morgan fingerprint density at radius 1 is 1.12 bits per heavy atom. The third-order valence-electron chi connectivity index (χ3n) is 4.75. The van der Waals surface area contributed by atoms with Crippen molar-refractivity contribution in [2.75, 3.05) is 17.8 Å². The molecule has 0 saturated carbocycles. The Kier molecular flexibility index (Phi) is 3.95. The van der Waals surface area contributed by atoms with Crippen LogP contribution >= 0.6 is 7.67 Å². The van der Waals surface area contributed by atoms with Gasteiger partial charge in [-0.15, -0.1) is 0 Å². The highest BCUT2D eigenvalue weighted by Crippen LogP contribution is 2.62. The fourth-order valence-electron chi connectivity index (χ4n) is 3.54. The average molecular weight is 340 g/mol. The van der Waals surface area contributed by atoms with E-state index in [-0.39, 0.29) is 0 Å². The highest BCUT2D eigenvalue weighted by molar-refractivity contribution is 7.59. The normalized spacial score (nSPS) is 26.3. The lowest BCUT2D eigenvalue weighted by atomic mass is 10.2. The minimum absolute atomic E-state index is 0.309. The van der Waals surface area contributed by atoms with Crippen molar-refractivity contribution in [3.8, 4) is 5.75 Å². The van der Waals surface area contributed by atoms with Crippen molar-refractivity contribution in [1.29, 1.82) is 0 Å². The van der Waals surface area contributed by atoms with Crippen molar-refractivity contribution >= 4 is 19.4 Å². The summed E-state index contributed by atoms with van der Waals surface area (Å²) in [5, 5.41) is 0. The Hall–Kier alpha value is -2.03. The van der Waals surface area contributed by atoms with E-state index in [1.165, 1.54) is 0 Å². The maximum absolute atomic E-state index is 13.9. The Labute approximate surface area is 142 Å². The second kappa shape index (κ2) is 6.12. The molecule has 5 heteroatoms. The van der Waals surface area contributed by atoms with Crippen LogP contribution in [0.1, 0.15) is 18.4 Å². The van der Waals surface area contributed by atoms with Crippen LogP contribution in [0.5, 0.6) is 5.75 Å². The largest absolute Gasteiger partial charge is 0.422 e. The number of anilines is 1. The van der Waals surface area contributed by atoms with Crippen LogP contribution in [0.15, 0.2) is 61.2 Å². The molecular formula is C19H21N2O2P. The Balaban J connectivity index is 1.69. The molecule has 2 fully saturated rings. The van der Waals surface area contributed by atoms with E-state index >= 15 is 0 Å². The van der Waals surface area contributed by atoms with E-state index in [2.05, 4.69) is 11.2 Å². The van der Waals surface area contributed by atoms with Crippen LogP contribution in [0.25, 0.3) is 6.08 Å². The summed E-state index contributed by atoms with van der Waals surface area (Å²) in [6.07, 6.45) is 3.94. The van der Waals surface area contributed by atoms with E-state index in [9.17, 15) is 4.57 Å². The number of benzene rings is 2. The molecule has 2 aromatic rings.